The summed E-state index contributed by atoms with van der Waals surface area (Å²) in [6, 6.07) is 3.09. The van der Waals surface area contributed by atoms with Crippen LogP contribution < -0.4 is 5.32 Å². The number of hydrogen-bond donors (Lipinski definition) is 1. The van der Waals surface area contributed by atoms with Crippen LogP contribution >= 0.6 is 0 Å². The standard InChI is InChI=1S/C13H17F3N6O/c1-9(8-21-4-6-23-7-5-21)17-10-2-3-11-18-19-12(13(14,15)16)22(11)20-10/h2-3,9H,4-8H2,1H3,(H,17,20)/t9-/m1/s1. The summed E-state index contributed by atoms with van der Waals surface area (Å²) in [4.78, 5) is 2.24. The van der Waals surface area contributed by atoms with Gasteiger partial charge in [0.05, 0.1) is 13.2 Å². The lowest BCUT2D eigenvalue weighted by Gasteiger charge is -2.29. The highest BCUT2D eigenvalue weighted by atomic mass is 19.4. The summed E-state index contributed by atoms with van der Waals surface area (Å²) in [5.41, 5.74) is 0.0590. The summed E-state index contributed by atoms with van der Waals surface area (Å²) in [5, 5.41) is 13.7. The average molecular weight is 330 g/mol. The van der Waals surface area contributed by atoms with Gasteiger partial charge in [-0.15, -0.1) is 15.3 Å². The van der Waals surface area contributed by atoms with Gasteiger partial charge in [0, 0.05) is 25.7 Å². The van der Waals surface area contributed by atoms with Crippen molar-refractivity contribution in [3.63, 3.8) is 0 Å². The number of aromatic nitrogens is 4. The Kier molecular flexibility index (Phi) is 4.35. The molecule has 1 aliphatic rings. The molecule has 2 aromatic rings. The maximum Gasteiger partial charge on any atom is 0.453 e. The minimum Gasteiger partial charge on any atom is -0.379 e. The summed E-state index contributed by atoms with van der Waals surface area (Å²) in [7, 11) is 0. The number of halogens is 3. The molecular formula is C13H17F3N6O. The van der Waals surface area contributed by atoms with Crippen molar-refractivity contribution < 1.29 is 17.9 Å². The number of anilines is 1. The summed E-state index contributed by atoms with van der Waals surface area (Å²) >= 11 is 0. The van der Waals surface area contributed by atoms with E-state index in [0.717, 1.165) is 19.6 Å². The molecule has 0 spiro atoms. The van der Waals surface area contributed by atoms with Gasteiger partial charge in [0.1, 0.15) is 5.82 Å². The Balaban J connectivity index is 1.72. The lowest BCUT2D eigenvalue weighted by atomic mass is 10.3. The Labute approximate surface area is 130 Å². The van der Waals surface area contributed by atoms with E-state index in [9.17, 15) is 13.2 Å². The quantitative estimate of drug-likeness (QED) is 0.911. The van der Waals surface area contributed by atoms with Crippen LogP contribution in [0.25, 0.3) is 5.65 Å². The molecule has 0 bridgehead atoms. The van der Waals surface area contributed by atoms with Gasteiger partial charge in [-0.25, -0.2) is 0 Å². The molecule has 7 nitrogen and oxygen atoms in total. The van der Waals surface area contributed by atoms with Crippen LogP contribution in [0.5, 0.6) is 0 Å². The number of alkyl halides is 3. The van der Waals surface area contributed by atoms with Gasteiger partial charge in [-0.2, -0.15) is 17.7 Å². The first kappa shape index (κ1) is 15.9. The van der Waals surface area contributed by atoms with Crippen molar-refractivity contribution in [1.82, 2.24) is 24.7 Å². The molecule has 23 heavy (non-hydrogen) atoms. The molecule has 0 unspecified atom stereocenters. The van der Waals surface area contributed by atoms with E-state index >= 15 is 0 Å². The minimum absolute atomic E-state index is 0.0314. The highest BCUT2D eigenvalue weighted by Crippen LogP contribution is 2.27. The molecule has 3 heterocycles. The van der Waals surface area contributed by atoms with Crippen molar-refractivity contribution in [3.8, 4) is 0 Å². The SMILES string of the molecule is C[C@H](CN1CCOCC1)Nc1ccc2nnc(C(F)(F)F)n2n1. The maximum atomic E-state index is 12.9. The van der Waals surface area contributed by atoms with Crippen LogP contribution in [-0.2, 0) is 10.9 Å². The molecular weight excluding hydrogens is 313 g/mol. The number of morpholine rings is 1. The smallest absolute Gasteiger partial charge is 0.379 e. The molecule has 2 aromatic heterocycles. The average Bonchev–Trinajstić information content (AvgIpc) is 2.91. The number of nitrogens with zero attached hydrogens (tertiary/aromatic N) is 5. The van der Waals surface area contributed by atoms with Crippen molar-refractivity contribution in [2.45, 2.75) is 19.1 Å². The van der Waals surface area contributed by atoms with Crippen molar-refractivity contribution >= 4 is 11.5 Å². The fourth-order valence-electron chi connectivity index (χ4n) is 2.51. The van der Waals surface area contributed by atoms with Crippen molar-refractivity contribution in [2.24, 2.45) is 0 Å². The number of fused-ring (bicyclic) bond motifs is 1. The third-order valence-corrected chi connectivity index (χ3v) is 3.55. The van der Waals surface area contributed by atoms with Crippen molar-refractivity contribution in [1.29, 1.82) is 0 Å². The number of hydrogen-bond acceptors (Lipinski definition) is 6. The van der Waals surface area contributed by atoms with Gasteiger partial charge in [0.2, 0.25) is 0 Å². The van der Waals surface area contributed by atoms with Gasteiger partial charge in [-0.1, -0.05) is 0 Å². The molecule has 1 aliphatic heterocycles. The monoisotopic (exact) mass is 330 g/mol. The molecule has 1 fully saturated rings. The van der Waals surface area contributed by atoms with E-state index in [1.165, 1.54) is 6.07 Å². The van der Waals surface area contributed by atoms with Gasteiger partial charge in [0.25, 0.3) is 5.82 Å². The zero-order valence-corrected chi connectivity index (χ0v) is 12.5. The van der Waals surface area contributed by atoms with E-state index in [4.69, 9.17) is 4.74 Å². The molecule has 126 valence electrons. The largest absolute Gasteiger partial charge is 0.453 e. The number of ether oxygens (including phenoxy) is 1. The fourth-order valence-corrected chi connectivity index (χ4v) is 2.51. The minimum atomic E-state index is -4.59. The zero-order chi connectivity index (χ0) is 16.4. The van der Waals surface area contributed by atoms with Gasteiger partial charge in [0.15, 0.2) is 5.65 Å². The lowest BCUT2D eigenvalue weighted by molar-refractivity contribution is -0.146. The Bertz CT molecular complexity index is 667. The molecule has 0 aliphatic carbocycles. The topological polar surface area (TPSA) is 67.6 Å². The zero-order valence-electron chi connectivity index (χ0n) is 12.5. The summed E-state index contributed by atoms with van der Waals surface area (Å²) in [6.45, 7) is 5.82. The predicted molar refractivity (Wildman–Crippen MR) is 76.1 cm³/mol. The van der Waals surface area contributed by atoms with E-state index in [1.54, 1.807) is 6.07 Å². The van der Waals surface area contributed by atoms with E-state index in [-0.39, 0.29) is 11.7 Å². The molecule has 0 amide bonds. The first-order valence-corrected chi connectivity index (χ1v) is 7.30. The van der Waals surface area contributed by atoms with Crippen molar-refractivity contribution in [2.75, 3.05) is 38.2 Å². The van der Waals surface area contributed by atoms with Crippen LogP contribution in [0.1, 0.15) is 12.7 Å². The first-order valence-electron chi connectivity index (χ1n) is 7.30. The lowest BCUT2D eigenvalue weighted by Crippen LogP contribution is -2.42. The van der Waals surface area contributed by atoms with Crippen LogP contribution in [0.4, 0.5) is 19.0 Å². The number of rotatable bonds is 4. The molecule has 1 N–H and O–H groups in total. The van der Waals surface area contributed by atoms with Gasteiger partial charge < -0.3 is 10.1 Å². The van der Waals surface area contributed by atoms with E-state index in [1.807, 2.05) is 6.92 Å². The van der Waals surface area contributed by atoms with E-state index in [0.29, 0.717) is 23.5 Å². The van der Waals surface area contributed by atoms with Gasteiger partial charge >= 0.3 is 6.18 Å². The second-order valence-corrected chi connectivity index (χ2v) is 5.47. The molecule has 1 saturated heterocycles. The van der Waals surface area contributed by atoms with Crippen LogP contribution in [0, 0.1) is 0 Å². The van der Waals surface area contributed by atoms with Crippen LogP contribution in [0.15, 0.2) is 12.1 Å². The molecule has 1 atom stereocenters. The van der Waals surface area contributed by atoms with Crippen LogP contribution in [-0.4, -0.2) is 63.6 Å². The summed E-state index contributed by atoms with van der Waals surface area (Å²) in [5.74, 6) is -0.777. The fraction of sp³-hybridized carbons (Fsp3) is 0.615. The second-order valence-electron chi connectivity index (χ2n) is 5.47. The first-order chi connectivity index (χ1) is 10.9. The summed E-state index contributed by atoms with van der Waals surface area (Å²) in [6.07, 6.45) is -4.59. The highest BCUT2D eigenvalue weighted by molar-refractivity contribution is 5.44. The van der Waals surface area contributed by atoms with Gasteiger partial charge in [-0.05, 0) is 19.1 Å². The molecule has 0 aromatic carbocycles. The molecule has 0 radical (unpaired) electrons. The molecule has 0 saturated carbocycles. The van der Waals surface area contributed by atoms with Crippen LogP contribution in [0.3, 0.4) is 0 Å². The highest BCUT2D eigenvalue weighted by Gasteiger charge is 2.37. The second kappa shape index (κ2) is 6.28. The Morgan fingerprint density at radius 1 is 1.26 bits per heavy atom. The summed E-state index contributed by atoms with van der Waals surface area (Å²) < 4.78 is 44.6. The van der Waals surface area contributed by atoms with Gasteiger partial charge in [-0.3, -0.25) is 4.90 Å². The Morgan fingerprint density at radius 3 is 2.70 bits per heavy atom. The third kappa shape index (κ3) is 3.70. The number of nitrogens with one attached hydrogen (secondary N) is 1. The molecule has 10 heteroatoms. The predicted octanol–water partition coefficient (Wildman–Crippen LogP) is 1.28. The van der Waals surface area contributed by atoms with E-state index in [2.05, 4.69) is 25.5 Å². The van der Waals surface area contributed by atoms with Crippen molar-refractivity contribution in [3.05, 3.63) is 18.0 Å². The third-order valence-electron chi connectivity index (χ3n) is 3.55. The van der Waals surface area contributed by atoms with E-state index < -0.39 is 12.0 Å². The Hall–Kier alpha value is -1.94. The Morgan fingerprint density at radius 2 is 2.00 bits per heavy atom. The normalized spacial score (nSPS) is 18.3. The van der Waals surface area contributed by atoms with Crippen LogP contribution in [0.2, 0.25) is 0 Å². The maximum absolute atomic E-state index is 12.9. The molecule has 3 rings (SSSR count).